The van der Waals surface area contributed by atoms with Crippen LogP contribution in [0.4, 0.5) is 5.69 Å². The third-order valence-corrected chi connectivity index (χ3v) is 4.71. The molecule has 0 radical (unpaired) electrons. The fourth-order valence-corrected chi connectivity index (χ4v) is 3.54. The number of hydrogen-bond donors (Lipinski definition) is 1. The van der Waals surface area contributed by atoms with Crippen molar-refractivity contribution in [3.05, 3.63) is 35.6 Å². The summed E-state index contributed by atoms with van der Waals surface area (Å²) in [6.45, 7) is 1.38. The molecule has 2 fully saturated rings. The maximum atomic E-state index is 12.0. The van der Waals surface area contributed by atoms with Gasteiger partial charge in [0, 0.05) is 24.6 Å². The number of esters is 2. The van der Waals surface area contributed by atoms with E-state index in [1.54, 1.807) is 18.3 Å². The number of piperidine rings is 1. The lowest BCUT2D eigenvalue weighted by Gasteiger charge is -2.62. The molecule has 0 bridgehead atoms. The van der Waals surface area contributed by atoms with Gasteiger partial charge in [0.2, 0.25) is 12.0 Å². The number of pyridine rings is 1. The fraction of sp³-hybridized carbons (Fsp3) is 0.400. The molecule has 4 heterocycles. The molecule has 1 N–H and O–H groups in total. The Balaban J connectivity index is 1.75. The van der Waals surface area contributed by atoms with Gasteiger partial charge in [0.25, 0.3) is 0 Å². The van der Waals surface area contributed by atoms with Gasteiger partial charge in [0.1, 0.15) is 5.15 Å². The Morgan fingerprint density at radius 3 is 2.91 bits per heavy atom. The molecule has 0 aliphatic carbocycles. The molecule has 120 valence electrons. The molecular formula is C15H14ClN3O4. The minimum absolute atomic E-state index is 0.0766. The van der Waals surface area contributed by atoms with Gasteiger partial charge >= 0.3 is 11.9 Å². The van der Waals surface area contributed by atoms with Crippen molar-refractivity contribution < 1.29 is 19.1 Å². The molecule has 23 heavy (non-hydrogen) atoms. The first kappa shape index (κ1) is 14.5. The molecule has 3 atom stereocenters. The van der Waals surface area contributed by atoms with Crippen LogP contribution in [0.25, 0.3) is 0 Å². The minimum atomic E-state index is -1.05. The number of halogens is 1. The quantitative estimate of drug-likeness (QED) is 0.601. The van der Waals surface area contributed by atoms with E-state index < -0.39 is 23.9 Å². The lowest BCUT2D eigenvalue weighted by Crippen LogP contribution is -2.80. The summed E-state index contributed by atoms with van der Waals surface area (Å²) in [7, 11) is 0. The summed E-state index contributed by atoms with van der Waals surface area (Å²) in [5, 5.41) is 3.51. The van der Waals surface area contributed by atoms with E-state index in [-0.39, 0.29) is 5.92 Å². The normalized spacial score (nSPS) is 34.0. The molecule has 3 aliphatic heterocycles. The second kappa shape index (κ2) is 5.21. The van der Waals surface area contributed by atoms with Crippen molar-refractivity contribution in [2.75, 3.05) is 18.0 Å². The number of ether oxygens (including phenoxy) is 2. The van der Waals surface area contributed by atoms with Crippen LogP contribution in [0.2, 0.25) is 5.15 Å². The second-order valence-corrected chi connectivity index (χ2v) is 6.10. The third-order valence-electron chi connectivity index (χ3n) is 4.49. The Morgan fingerprint density at radius 2 is 2.13 bits per heavy atom. The maximum absolute atomic E-state index is 12.0. The van der Waals surface area contributed by atoms with Crippen LogP contribution < -0.4 is 10.2 Å². The van der Waals surface area contributed by atoms with Crippen molar-refractivity contribution in [1.29, 1.82) is 0 Å². The van der Waals surface area contributed by atoms with E-state index in [4.69, 9.17) is 21.1 Å². The Morgan fingerprint density at radius 1 is 1.30 bits per heavy atom. The molecule has 8 heteroatoms. The standard InChI is InChI=1S/C15H14ClN3O4/c16-11-2-1-10(7-18-11)19-8-9-5-6-17-14-15(9,19)23-13(21)4-3-12(20)22-14/h1-4,7,9,14,17H,5-6,8H2/b4-3+/t9-,14?,15+/m0/s1. The number of rotatable bonds is 1. The summed E-state index contributed by atoms with van der Waals surface area (Å²) in [6, 6.07) is 3.47. The summed E-state index contributed by atoms with van der Waals surface area (Å²) in [6.07, 6.45) is 3.88. The van der Waals surface area contributed by atoms with Crippen LogP contribution in [0.5, 0.6) is 0 Å². The van der Waals surface area contributed by atoms with Gasteiger partial charge in [-0.25, -0.2) is 14.6 Å². The predicted molar refractivity (Wildman–Crippen MR) is 80.5 cm³/mol. The average molecular weight is 336 g/mol. The zero-order chi connectivity index (χ0) is 16.0. The zero-order valence-electron chi connectivity index (χ0n) is 12.1. The lowest BCUT2D eigenvalue weighted by molar-refractivity contribution is -0.224. The number of nitrogens with zero attached hydrogens (tertiary/aromatic N) is 2. The monoisotopic (exact) mass is 335 g/mol. The predicted octanol–water partition coefficient (Wildman–Crippen LogP) is 0.843. The molecule has 1 unspecified atom stereocenters. The van der Waals surface area contributed by atoms with Gasteiger partial charge in [-0.15, -0.1) is 0 Å². The van der Waals surface area contributed by atoms with E-state index in [1.165, 1.54) is 0 Å². The second-order valence-electron chi connectivity index (χ2n) is 5.71. The topological polar surface area (TPSA) is 80.8 Å². The first-order chi connectivity index (χ1) is 11.1. The first-order valence-electron chi connectivity index (χ1n) is 7.34. The number of carbonyl (C=O) groups excluding carboxylic acids is 2. The number of hydrogen-bond acceptors (Lipinski definition) is 7. The van der Waals surface area contributed by atoms with Crippen molar-refractivity contribution in [3.8, 4) is 0 Å². The van der Waals surface area contributed by atoms with Crippen molar-refractivity contribution in [1.82, 2.24) is 10.3 Å². The van der Waals surface area contributed by atoms with Gasteiger partial charge in [0.05, 0.1) is 11.9 Å². The smallest absolute Gasteiger partial charge is 0.333 e. The fourth-order valence-electron chi connectivity index (χ4n) is 3.43. The summed E-state index contributed by atoms with van der Waals surface area (Å²) in [5.41, 5.74) is -0.293. The van der Waals surface area contributed by atoms with Crippen molar-refractivity contribution in [2.45, 2.75) is 18.4 Å². The largest absolute Gasteiger partial charge is 0.437 e. The Labute approximate surface area is 137 Å². The van der Waals surface area contributed by atoms with Crippen LogP contribution in [-0.2, 0) is 19.1 Å². The van der Waals surface area contributed by atoms with Crippen LogP contribution in [0.1, 0.15) is 6.42 Å². The highest BCUT2D eigenvalue weighted by atomic mass is 35.5. The Kier molecular flexibility index (Phi) is 3.28. The molecule has 4 rings (SSSR count). The summed E-state index contributed by atoms with van der Waals surface area (Å²) < 4.78 is 11.2. The van der Waals surface area contributed by atoms with Gasteiger partial charge < -0.3 is 14.4 Å². The molecule has 0 aromatic carbocycles. The number of carbonyl (C=O) groups is 2. The number of nitrogens with one attached hydrogen (secondary N) is 1. The van der Waals surface area contributed by atoms with Crippen LogP contribution in [0.3, 0.4) is 0 Å². The van der Waals surface area contributed by atoms with E-state index in [1.807, 2.05) is 4.90 Å². The van der Waals surface area contributed by atoms with E-state index in [0.29, 0.717) is 18.2 Å². The average Bonchev–Trinajstić information content (AvgIpc) is 2.51. The van der Waals surface area contributed by atoms with Gasteiger partial charge in [-0.2, -0.15) is 0 Å². The van der Waals surface area contributed by atoms with E-state index >= 15 is 0 Å². The zero-order valence-corrected chi connectivity index (χ0v) is 12.8. The Hall–Kier alpha value is -2.12. The molecule has 3 aliphatic rings. The summed E-state index contributed by atoms with van der Waals surface area (Å²) in [4.78, 5) is 29.8. The molecule has 1 aromatic rings. The number of aromatic nitrogens is 1. The highest BCUT2D eigenvalue weighted by Crippen LogP contribution is 2.48. The molecule has 7 nitrogen and oxygen atoms in total. The van der Waals surface area contributed by atoms with E-state index in [2.05, 4.69) is 10.3 Å². The van der Waals surface area contributed by atoms with Crippen molar-refractivity contribution >= 4 is 29.2 Å². The van der Waals surface area contributed by atoms with Crippen LogP contribution in [-0.4, -0.2) is 42.0 Å². The first-order valence-corrected chi connectivity index (χ1v) is 7.71. The summed E-state index contributed by atoms with van der Waals surface area (Å²) in [5.74, 6) is -1.06. The molecular weight excluding hydrogens is 322 g/mol. The van der Waals surface area contributed by atoms with Gasteiger partial charge in [0.15, 0.2) is 0 Å². The molecule has 0 amide bonds. The highest BCUT2D eigenvalue weighted by molar-refractivity contribution is 6.29. The summed E-state index contributed by atoms with van der Waals surface area (Å²) >= 11 is 5.83. The van der Waals surface area contributed by atoms with Gasteiger partial charge in [-0.3, -0.25) is 5.32 Å². The van der Waals surface area contributed by atoms with Crippen molar-refractivity contribution in [3.63, 3.8) is 0 Å². The SMILES string of the molecule is O=C1/C=C/C(=O)O[C@@]23C(NCC[C@H]2CN3c2ccc(Cl)nc2)O1. The molecule has 1 spiro atoms. The molecule has 1 aromatic heterocycles. The van der Waals surface area contributed by atoms with E-state index in [9.17, 15) is 9.59 Å². The van der Waals surface area contributed by atoms with Crippen LogP contribution >= 0.6 is 11.6 Å². The van der Waals surface area contributed by atoms with E-state index in [0.717, 1.165) is 24.3 Å². The van der Waals surface area contributed by atoms with Crippen molar-refractivity contribution in [2.24, 2.45) is 5.92 Å². The molecule has 2 saturated heterocycles. The lowest BCUT2D eigenvalue weighted by atomic mass is 9.77. The van der Waals surface area contributed by atoms with Gasteiger partial charge in [-0.1, -0.05) is 11.6 Å². The van der Waals surface area contributed by atoms with Crippen LogP contribution in [0.15, 0.2) is 30.5 Å². The number of anilines is 1. The Bertz CT molecular complexity index is 692. The van der Waals surface area contributed by atoms with Gasteiger partial charge in [-0.05, 0) is 25.1 Å². The highest BCUT2D eigenvalue weighted by Gasteiger charge is 2.65. The molecule has 0 saturated carbocycles. The minimum Gasteiger partial charge on any atom is -0.437 e. The van der Waals surface area contributed by atoms with Crippen LogP contribution in [0, 0.1) is 5.92 Å². The maximum Gasteiger partial charge on any atom is 0.333 e. The third kappa shape index (κ3) is 2.19.